The van der Waals surface area contributed by atoms with Crippen molar-refractivity contribution in [1.29, 1.82) is 0 Å². The summed E-state index contributed by atoms with van der Waals surface area (Å²) in [5, 5.41) is 29.4. The van der Waals surface area contributed by atoms with Gasteiger partial charge in [-0.1, -0.05) is 48.6 Å². The summed E-state index contributed by atoms with van der Waals surface area (Å²) in [7, 11) is -4.96. The van der Waals surface area contributed by atoms with Crippen LogP contribution in [0.1, 0.15) is 19.8 Å². The van der Waals surface area contributed by atoms with Crippen LogP contribution in [-0.2, 0) is 18.6 Å². The molecule has 1 aliphatic rings. The average Bonchev–Trinajstić information content (AvgIpc) is 2.61. The molecule has 0 saturated carbocycles. The molecule has 0 spiro atoms. The molecule has 0 saturated heterocycles. The van der Waals surface area contributed by atoms with Crippen molar-refractivity contribution in [2.24, 2.45) is 0 Å². The van der Waals surface area contributed by atoms with Crippen molar-refractivity contribution in [1.82, 2.24) is 0 Å². The maximum atomic E-state index is 11.3. The number of cyclic esters (lactones) is 1. The number of carbonyl (C=O) groups excluding carboxylic acids is 1. The zero-order valence-electron chi connectivity index (χ0n) is 15.9. The minimum Gasteiger partial charge on any atom is -0.455 e. The lowest BCUT2D eigenvalue weighted by molar-refractivity contribution is -0.141. The molecule has 5 N–H and O–H groups in total. The van der Waals surface area contributed by atoms with E-state index in [1.165, 1.54) is 43.4 Å². The Balaban J connectivity index is 2.84. The lowest BCUT2D eigenvalue weighted by Crippen LogP contribution is -2.41. The predicted molar refractivity (Wildman–Crippen MR) is 105 cm³/mol. The molecule has 10 heteroatoms. The fraction of sp³-hybridized carbons (Fsp3) is 0.421. The van der Waals surface area contributed by atoms with Gasteiger partial charge in [-0.05, 0) is 13.0 Å². The largest absolute Gasteiger partial charge is 0.469 e. The van der Waals surface area contributed by atoms with Crippen molar-refractivity contribution in [2.75, 3.05) is 6.61 Å². The molecule has 0 aromatic rings. The third-order valence-corrected chi connectivity index (χ3v) is 4.35. The van der Waals surface area contributed by atoms with Crippen LogP contribution in [0, 0.1) is 0 Å². The molecular formula is C19H27O9P. The minimum atomic E-state index is -4.96. The highest BCUT2D eigenvalue weighted by Crippen LogP contribution is 2.41. The fourth-order valence-corrected chi connectivity index (χ4v) is 3.01. The van der Waals surface area contributed by atoms with Crippen LogP contribution in [0.4, 0.5) is 0 Å². The number of phosphoric acid groups is 1. The number of aliphatic hydroxyl groups is 3. The number of allylic oxidation sites excluding steroid dienone is 4. The monoisotopic (exact) mass is 430 g/mol. The van der Waals surface area contributed by atoms with Crippen LogP contribution >= 0.6 is 7.82 Å². The van der Waals surface area contributed by atoms with Crippen molar-refractivity contribution >= 4 is 13.8 Å². The topological polar surface area (TPSA) is 154 Å². The second kappa shape index (κ2) is 12.0. The number of esters is 1. The maximum absolute atomic E-state index is 11.3. The van der Waals surface area contributed by atoms with Gasteiger partial charge in [0.25, 0.3) is 0 Å². The Hall–Kier alpha value is -1.84. The van der Waals surface area contributed by atoms with Gasteiger partial charge in [-0.25, -0.2) is 9.36 Å². The molecule has 1 heterocycles. The van der Waals surface area contributed by atoms with Crippen LogP contribution in [0.15, 0.2) is 60.8 Å². The molecule has 0 aromatic carbocycles. The second-order valence-corrected chi connectivity index (χ2v) is 7.66. The quantitative estimate of drug-likeness (QED) is 0.140. The van der Waals surface area contributed by atoms with Gasteiger partial charge >= 0.3 is 13.8 Å². The molecular weight excluding hydrogens is 403 g/mol. The van der Waals surface area contributed by atoms with E-state index in [0.717, 1.165) is 0 Å². The molecule has 4 atom stereocenters. The summed E-state index contributed by atoms with van der Waals surface area (Å²) < 4.78 is 21.0. The van der Waals surface area contributed by atoms with Gasteiger partial charge in [-0.3, -0.25) is 4.52 Å². The summed E-state index contributed by atoms with van der Waals surface area (Å²) in [6, 6.07) is 0. The minimum absolute atomic E-state index is 0.100. The van der Waals surface area contributed by atoms with Crippen LogP contribution in [0.3, 0.4) is 0 Å². The van der Waals surface area contributed by atoms with E-state index < -0.39 is 37.7 Å². The SMILES string of the molecule is CC(O)(/C=C/C1CC=CC(=O)O1)C(CC(O)/C=C/C=C/C=C/CO)OP(=O)(O)O. The molecule has 29 heavy (non-hydrogen) atoms. The highest BCUT2D eigenvalue weighted by molar-refractivity contribution is 7.46. The van der Waals surface area contributed by atoms with Gasteiger partial charge < -0.3 is 29.8 Å². The van der Waals surface area contributed by atoms with Crippen molar-refractivity contribution in [3.05, 3.63) is 60.8 Å². The molecule has 1 aliphatic heterocycles. The summed E-state index contributed by atoms with van der Waals surface area (Å²) in [4.78, 5) is 29.6. The summed E-state index contributed by atoms with van der Waals surface area (Å²) in [5.41, 5.74) is -1.87. The van der Waals surface area contributed by atoms with E-state index in [-0.39, 0.29) is 13.0 Å². The van der Waals surface area contributed by atoms with Gasteiger partial charge in [0.2, 0.25) is 0 Å². The van der Waals surface area contributed by atoms with Crippen LogP contribution in [0.25, 0.3) is 0 Å². The van der Waals surface area contributed by atoms with Crippen molar-refractivity contribution in [3.63, 3.8) is 0 Å². The summed E-state index contributed by atoms with van der Waals surface area (Å²) in [5.74, 6) is -0.531. The second-order valence-electron chi connectivity index (χ2n) is 6.47. The molecule has 0 fully saturated rings. The first kappa shape index (κ1) is 25.2. The number of phosphoric ester groups is 1. The van der Waals surface area contributed by atoms with Gasteiger partial charge in [0.1, 0.15) is 17.8 Å². The van der Waals surface area contributed by atoms with Crippen LogP contribution in [0.2, 0.25) is 0 Å². The summed E-state index contributed by atoms with van der Waals surface area (Å²) in [6.07, 6.45) is 11.5. The Morgan fingerprint density at radius 2 is 2.03 bits per heavy atom. The van der Waals surface area contributed by atoms with Crippen LogP contribution < -0.4 is 0 Å². The third kappa shape index (κ3) is 11.1. The maximum Gasteiger partial charge on any atom is 0.469 e. The lowest BCUT2D eigenvalue weighted by atomic mass is 9.93. The van der Waals surface area contributed by atoms with Crippen LogP contribution in [-0.4, -0.2) is 61.6 Å². The first-order chi connectivity index (χ1) is 13.5. The van der Waals surface area contributed by atoms with Gasteiger partial charge in [-0.2, -0.15) is 0 Å². The Morgan fingerprint density at radius 3 is 2.66 bits per heavy atom. The number of ether oxygens (including phenoxy) is 1. The lowest BCUT2D eigenvalue weighted by Gasteiger charge is -2.31. The molecule has 0 aliphatic carbocycles. The molecule has 0 radical (unpaired) electrons. The van der Waals surface area contributed by atoms with Gasteiger partial charge in [0.15, 0.2) is 0 Å². The van der Waals surface area contributed by atoms with E-state index >= 15 is 0 Å². The number of rotatable bonds is 11. The third-order valence-electron chi connectivity index (χ3n) is 3.82. The summed E-state index contributed by atoms with van der Waals surface area (Å²) >= 11 is 0. The highest BCUT2D eigenvalue weighted by atomic mass is 31.2. The Bertz CT molecular complexity index is 715. The van der Waals surface area contributed by atoms with E-state index in [0.29, 0.717) is 6.42 Å². The predicted octanol–water partition coefficient (Wildman–Crippen LogP) is 1.06. The van der Waals surface area contributed by atoms with Gasteiger partial charge in [0, 0.05) is 18.9 Å². The number of hydrogen-bond acceptors (Lipinski definition) is 7. The standard InChI is InChI=1S/C19H27O9P/c1-19(23,12-11-16-9-7-10-18(22)27-16)17(28-29(24,25)26)14-15(21)8-5-3-2-4-6-13-20/h2-8,10-12,15-17,20-21,23H,9,13-14H2,1H3,(H2,24,25,26)/b3-2+,6-4+,8-5+,12-11+. The van der Waals surface area contributed by atoms with Crippen molar-refractivity contribution < 1.29 is 43.7 Å². The van der Waals surface area contributed by atoms with E-state index in [1.807, 2.05) is 0 Å². The van der Waals surface area contributed by atoms with Gasteiger partial charge in [0.05, 0.1) is 12.7 Å². The highest BCUT2D eigenvalue weighted by Gasteiger charge is 2.37. The Labute approximate surface area is 169 Å². The van der Waals surface area contributed by atoms with E-state index in [4.69, 9.17) is 19.6 Å². The number of aliphatic hydroxyl groups excluding tert-OH is 2. The molecule has 1 rings (SSSR count). The van der Waals surface area contributed by atoms with E-state index in [2.05, 4.69) is 4.52 Å². The summed E-state index contributed by atoms with van der Waals surface area (Å²) in [6.45, 7) is 1.16. The number of hydrogen-bond donors (Lipinski definition) is 5. The first-order valence-electron chi connectivity index (χ1n) is 8.85. The average molecular weight is 430 g/mol. The van der Waals surface area contributed by atoms with Crippen molar-refractivity contribution in [3.8, 4) is 0 Å². The van der Waals surface area contributed by atoms with Crippen molar-refractivity contribution in [2.45, 2.75) is 43.7 Å². The molecule has 4 unspecified atom stereocenters. The normalized spacial score (nSPS) is 22.6. The zero-order chi connectivity index (χ0) is 21.9. The smallest absolute Gasteiger partial charge is 0.455 e. The van der Waals surface area contributed by atoms with E-state index in [9.17, 15) is 19.6 Å². The number of carbonyl (C=O) groups is 1. The first-order valence-corrected chi connectivity index (χ1v) is 10.4. The Morgan fingerprint density at radius 1 is 1.34 bits per heavy atom. The zero-order valence-corrected chi connectivity index (χ0v) is 16.8. The molecule has 0 amide bonds. The molecule has 0 aromatic heterocycles. The fourth-order valence-electron chi connectivity index (χ4n) is 2.37. The Kier molecular flexibility index (Phi) is 10.4. The van der Waals surface area contributed by atoms with Gasteiger partial charge in [-0.15, -0.1) is 0 Å². The van der Waals surface area contributed by atoms with Crippen LogP contribution in [0.5, 0.6) is 0 Å². The molecule has 162 valence electrons. The molecule has 0 bridgehead atoms. The van der Waals surface area contributed by atoms with E-state index in [1.54, 1.807) is 24.3 Å². The molecule has 9 nitrogen and oxygen atoms in total.